The van der Waals surface area contributed by atoms with Crippen molar-refractivity contribution in [3.8, 4) is 0 Å². The molecule has 0 spiro atoms. The first-order chi connectivity index (χ1) is 7.16. The molecule has 2 aromatic carbocycles. The molecule has 76 valence electrons. The lowest BCUT2D eigenvalue weighted by Crippen LogP contribution is -1.99. The monoisotopic (exact) mass is 204 g/mol. The quantitative estimate of drug-likeness (QED) is 0.816. The van der Waals surface area contributed by atoms with Crippen LogP contribution in [0.1, 0.15) is 5.56 Å². The highest BCUT2D eigenvalue weighted by atomic mass is 19.1. The van der Waals surface area contributed by atoms with E-state index >= 15 is 0 Å². The minimum absolute atomic E-state index is 0.0353. The summed E-state index contributed by atoms with van der Waals surface area (Å²) in [6.45, 7) is 0. The number of fused-ring (bicyclic) bond motifs is 1. The number of hydrogen-bond acceptors (Lipinski definition) is 1. The summed E-state index contributed by atoms with van der Waals surface area (Å²) in [5, 5.41) is 9.87. The zero-order valence-corrected chi connectivity index (χ0v) is 7.90. The third-order valence-corrected chi connectivity index (χ3v) is 2.25. The van der Waals surface area contributed by atoms with Gasteiger partial charge in [0.1, 0.15) is 5.82 Å². The molecule has 2 nitrogen and oxygen atoms in total. The first-order valence-electron chi connectivity index (χ1n) is 4.56. The standard InChI is InChI=1S/C12H9FO2/c13-11-3-1-2-9-6-8(7-12(14)15)4-5-10(9)11/h1-6H,7H2,(H,14,15). The van der Waals surface area contributed by atoms with E-state index in [0.29, 0.717) is 10.9 Å². The molecule has 0 aromatic heterocycles. The lowest BCUT2D eigenvalue weighted by molar-refractivity contribution is -0.136. The number of halogens is 1. The van der Waals surface area contributed by atoms with Crippen molar-refractivity contribution in [2.75, 3.05) is 0 Å². The Morgan fingerprint density at radius 2 is 2.07 bits per heavy atom. The van der Waals surface area contributed by atoms with Crippen LogP contribution >= 0.6 is 0 Å². The van der Waals surface area contributed by atoms with Crippen LogP contribution in [0, 0.1) is 5.82 Å². The van der Waals surface area contributed by atoms with E-state index in [4.69, 9.17) is 5.11 Å². The van der Waals surface area contributed by atoms with Crippen molar-refractivity contribution in [2.24, 2.45) is 0 Å². The van der Waals surface area contributed by atoms with Gasteiger partial charge in [0.05, 0.1) is 6.42 Å². The molecule has 0 atom stereocenters. The Morgan fingerprint density at radius 1 is 1.27 bits per heavy atom. The van der Waals surface area contributed by atoms with Gasteiger partial charge in [-0.1, -0.05) is 30.3 Å². The highest BCUT2D eigenvalue weighted by Crippen LogP contribution is 2.19. The second-order valence-corrected chi connectivity index (χ2v) is 3.37. The summed E-state index contributed by atoms with van der Waals surface area (Å²) in [7, 11) is 0. The molecule has 1 N–H and O–H groups in total. The minimum atomic E-state index is -0.884. The Hall–Kier alpha value is -1.90. The van der Waals surface area contributed by atoms with E-state index in [-0.39, 0.29) is 12.2 Å². The van der Waals surface area contributed by atoms with Gasteiger partial charge in [-0.05, 0) is 17.0 Å². The molecule has 15 heavy (non-hydrogen) atoms. The topological polar surface area (TPSA) is 37.3 Å². The SMILES string of the molecule is O=C(O)Cc1ccc2c(F)cccc2c1. The van der Waals surface area contributed by atoms with Crippen molar-refractivity contribution in [1.82, 2.24) is 0 Å². The molecular weight excluding hydrogens is 195 g/mol. The minimum Gasteiger partial charge on any atom is -0.481 e. The number of carboxylic acid groups (broad SMARTS) is 1. The van der Waals surface area contributed by atoms with E-state index in [1.807, 2.05) is 0 Å². The van der Waals surface area contributed by atoms with E-state index < -0.39 is 5.97 Å². The Bertz CT molecular complexity index is 520. The van der Waals surface area contributed by atoms with Gasteiger partial charge in [-0.15, -0.1) is 0 Å². The fourth-order valence-electron chi connectivity index (χ4n) is 1.58. The van der Waals surface area contributed by atoms with Gasteiger partial charge in [0.25, 0.3) is 0 Å². The van der Waals surface area contributed by atoms with Crippen molar-refractivity contribution >= 4 is 16.7 Å². The molecule has 0 heterocycles. The van der Waals surface area contributed by atoms with E-state index in [2.05, 4.69) is 0 Å². The summed E-state index contributed by atoms with van der Waals surface area (Å²) in [6, 6.07) is 9.72. The number of aliphatic carboxylic acids is 1. The molecule has 2 aromatic rings. The number of benzene rings is 2. The van der Waals surface area contributed by atoms with Crippen LogP contribution in [0.2, 0.25) is 0 Å². The van der Waals surface area contributed by atoms with Crippen LogP contribution < -0.4 is 0 Å². The number of carbonyl (C=O) groups is 1. The zero-order valence-electron chi connectivity index (χ0n) is 7.90. The molecule has 0 radical (unpaired) electrons. The molecule has 0 bridgehead atoms. The molecule has 0 aliphatic rings. The Balaban J connectivity index is 2.52. The third kappa shape index (κ3) is 1.96. The second kappa shape index (κ2) is 3.69. The average molecular weight is 204 g/mol. The van der Waals surface area contributed by atoms with Crippen molar-refractivity contribution in [2.45, 2.75) is 6.42 Å². The molecule has 0 fully saturated rings. The Morgan fingerprint density at radius 3 is 2.80 bits per heavy atom. The highest BCUT2D eigenvalue weighted by Gasteiger charge is 2.03. The molecule has 0 saturated carbocycles. The Kier molecular flexibility index (Phi) is 2.37. The summed E-state index contributed by atoms with van der Waals surface area (Å²) in [6.07, 6.45) is -0.0353. The van der Waals surface area contributed by atoms with Gasteiger partial charge in [-0.25, -0.2) is 4.39 Å². The molecular formula is C12H9FO2. The molecule has 0 saturated heterocycles. The molecule has 0 amide bonds. The predicted octanol–water partition coefficient (Wildman–Crippen LogP) is 2.61. The van der Waals surface area contributed by atoms with E-state index in [0.717, 1.165) is 5.39 Å². The summed E-state index contributed by atoms with van der Waals surface area (Å²) >= 11 is 0. The van der Waals surface area contributed by atoms with Crippen LogP contribution in [0.25, 0.3) is 10.8 Å². The maximum Gasteiger partial charge on any atom is 0.307 e. The summed E-state index contributed by atoms with van der Waals surface area (Å²) in [5.41, 5.74) is 0.681. The number of carboxylic acids is 1. The van der Waals surface area contributed by atoms with Crippen LogP contribution in [-0.2, 0) is 11.2 Å². The van der Waals surface area contributed by atoms with Crippen molar-refractivity contribution in [1.29, 1.82) is 0 Å². The van der Waals surface area contributed by atoms with Gasteiger partial charge in [0.15, 0.2) is 0 Å². The van der Waals surface area contributed by atoms with Crippen LogP contribution in [0.5, 0.6) is 0 Å². The van der Waals surface area contributed by atoms with Crippen LogP contribution in [0.4, 0.5) is 4.39 Å². The summed E-state index contributed by atoms with van der Waals surface area (Å²) in [5.74, 6) is -1.17. The third-order valence-electron chi connectivity index (χ3n) is 2.25. The van der Waals surface area contributed by atoms with Crippen LogP contribution in [0.3, 0.4) is 0 Å². The van der Waals surface area contributed by atoms with Gasteiger partial charge < -0.3 is 5.11 Å². The van der Waals surface area contributed by atoms with E-state index in [1.54, 1.807) is 30.3 Å². The van der Waals surface area contributed by atoms with Crippen molar-refractivity contribution in [3.63, 3.8) is 0 Å². The predicted molar refractivity (Wildman–Crippen MR) is 55.2 cm³/mol. The normalized spacial score (nSPS) is 10.5. The molecule has 0 unspecified atom stereocenters. The summed E-state index contributed by atoms with van der Waals surface area (Å²) < 4.78 is 13.3. The van der Waals surface area contributed by atoms with E-state index in [1.165, 1.54) is 6.07 Å². The maximum absolute atomic E-state index is 13.3. The van der Waals surface area contributed by atoms with E-state index in [9.17, 15) is 9.18 Å². The average Bonchev–Trinajstić information content (AvgIpc) is 2.17. The lowest BCUT2D eigenvalue weighted by Gasteiger charge is -2.01. The fourth-order valence-corrected chi connectivity index (χ4v) is 1.58. The second-order valence-electron chi connectivity index (χ2n) is 3.37. The number of rotatable bonds is 2. The summed E-state index contributed by atoms with van der Waals surface area (Å²) in [4.78, 5) is 10.5. The Labute approximate surface area is 86.0 Å². The zero-order chi connectivity index (χ0) is 10.8. The molecule has 3 heteroatoms. The fraction of sp³-hybridized carbons (Fsp3) is 0.0833. The van der Waals surface area contributed by atoms with Gasteiger partial charge in [0.2, 0.25) is 0 Å². The molecule has 0 aliphatic carbocycles. The largest absolute Gasteiger partial charge is 0.481 e. The first kappa shape index (κ1) is 9.65. The molecule has 0 aliphatic heterocycles. The molecule has 2 rings (SSSR count). The number of hydrogen-bond donors (Lipinski definition) is 1. The lowest BCUT2D eigenvalue weighted by atomic mass is 10.0. The van der Waals surface area contributed by atoms with Crippen molar-refractivity contribution < 1.29 is 14.3 Å². The van der Waals surface area contributed by atoms with Gasteiger partial charge in [-0.3, -0.25) is 4.79 Å². The van der Waals surface area contributed by atoms with Crippen LogP contribution in [-0.4, -0.2) is 11.1 Å². The van der Waals surface area contributed by atoms with Gasteiger partial charge in [0, 0.05) is 5.39 Å². The van der Waals surface area contributed by atoms with Gasteiger partial charge >= 0.3 is 5.97 Å². The highest BCUT2D eigenvalue weighted by molar-refractivity contribution is 5.84. The smallest absolute Gasteiger partial charge is 0.307 e. The van der Waals surface area contributed by atoms with Gasteiger partial charge in [-0.2, -0.15) is 0 Å². The first-order valence-corrected chi connectivity index (χ1v) is 4.56. The van der Waals surface area contributed by atoms with Crippen LogP contribution in [0.15, 0.2) is 36.4 Å². The van der Waals surface area contributed by atoms with Crippen molar-refractivity contribution in [3.05, 3.63) is 47.8 Å². The maximum atomic E-state index is 13.3.